The van der Waals surface area contributed by atoms with Gasteiger partial charge in [-0.15, -0.1) is 0 Å². The number of rotatable bonds is 3. The van der Waals surface area contributed by atoms with Crippen LogP contribution in [0.25, 0.3) is 11.1 Å². The zero-order valence-corrected chi connectivity index (χ0v) is 11.8. The Hall–Kier alpha value is -1.48. The smallest absolute Gasteiger partial charge is 0.0703 e. The Labute approximate surface area is 113 Å². The molecule has 1 aromatic heterocycles. The molecule has 2 N–H and O–H groups in total. The second-order valence-corrected chi connectivity index (χ2v) is 4.75. The number of benzene rings is 1. The predicted octanol–water partition coefficient (Wildman–Crippen LogP) is 3.45. The molecule has 0 radical (unpaired) electrons. The Morgan fingerprint density at radius 3 is 2.56 bits per heavy atom. The molecule has 1 aromatic carbocycles. The Morgan fingerprint density at radius 2 is 2.00 bits per heavy atom. The minimum absolute atomic E-state index is 0.684. The molecule has 0 spiro atoms. The van der Waals surface area contributed by atoms with Crippen LogP contribution in [-0.2, 0) is 19.9 Å². The van der Waals surface area contributed by atoms with E-state index in [0.717, 1.165) is 29.7 Å². The first-order chi connectivity index (χ1) is 8.58. The summed E-state index contributed by atoms with van der Waals surface area (Å²) in [6.45, 7) is 4.24. The highest BCUT2D eigenvalue weighted by molar-refractivity contribution is 6.33. The number of nitrogens with zero attached hydrogens (tertiary/aromatic N) is 2. The number of hydrogen-bond acceptors (Lipinski definition) is 2. The van der Waals surface area contributed by atoms with Gasteiger partial charge >= 0.3 is 0 Å². The van der Waals surface area contributed by atoms with Crippen LogP contribution in [0.2, 0.25) is 5.02 Å². The third-order valence-corrected chi connectivity index (χ3v) is 3.48. The van der Waals surface area contributed by atoms with Gasteiger partial charge in [-0.05, 0) is 25.0 Å². The first-order valence-corrected chi connectivity index (χ1v) is 6.56. The maximum absolute atomic E-state index is 6.31. The molecule has 0 aliphatic heterocycles. The van der Waals surface area contributed by atoms with Crippen molar-refractivity contribution in [3.63, 3.8) is 0 Å². The van der Waals surface area contributed by atoms with E-state index in [1.165, 1.54) is 5.69 Å². The molecule has 0 unspecified atom stereocenters. The van der Waals surface area contributed by atoms with Crippen LogP contribution in [0.4, 0.5) is 5.69 Å². The summed E-state index contributed by atoms with van der Waals surface area (Å²) in [7, 11) is 1.98. The Kier molecular flexibility index (Phi) is 3.62. The fraction of sp³-hybridized carbons (Fsp3) is 0.357. The standard InChI is InChI=1S/C14H18ClN3/c1-4-12-14(13(5-2)18(3)17-12)10-7-6-9(16)8-11(10)15/h6-8H,4-5,16H2,1-3H3. The molecule has 0 amide bonds. The van der Waals surface area contributed by atoms with Crippen molar-refractivity contribution in [1.29, 1.82) is 0 Å². The molecule has 18 heavy (non-hydrogen) atoms. The van der Waals surface area contributed by atoms with E-state index in [1.54, 1.807) is 6.07 Å². The van der Waals surface area contributed by atoms with Crippen molar-refractivity contribution in [3.8, 4) is 11.1 Å². The van der Waals surface area contributed by atoms with Crippen molar-refractivity contribution >= 4 is 17.3 Å². The van der Waals surface area contributed by atoms with Gasteiger partial charge in [-0.3, -0.25) is 4.68 Å². The minimum atomic E-state index is 0.684. The van der Waals surface area contributed by atoms with E-state index in [9.17, 15) is 0 Å². The summed E-state index contributed by atoms with van der Waals surface area (Å²) in [5.74, 6) is 0. The van der Waals surface area contributed by atoms with Crippen molar-refractivity contribution in [2.24, 2.45) is 7.05 Å². The molecule has 0 aliphatic carbocycles. The van der Waals surface area contributed by atoms with Crippen molar-refractivity contribution < 1.29 is 0 Å². The lowest BCUT2D eigenvalue weighted by molar-refractivity contribution is 0.705. The summed E-state index contributed by atoms with van der Waals surface area (Å²) in [5.41, 5.74) is 10.9. The summed E-state index contributed by atoms with van der Waals surface area (Å²) in [6, 6.07) is 5.66. The summed E-state index contributed by atoms with van der Waals surface area (Å²) in [6.07, 6.45) is 1.82. The number of nitrogens with two attached hydrogens (primary N) is 1. The maximum Gasteiger partial charge on any atom is 0.0703 e. The molecule has 2 aromatic rings. The maximum atomic E-state index is 6.31. The highest BCUT2D eigenvalue weighted by Crippen LogP contribution is 2.34. The zero-order valence-electron chi connectivity index (χ0n) is 11.0. The second kappa shape index (κ2) is 5.02. The third kappa shape index (κ3) is 2.10. The predicted molar refractivity (Wildman–Crippen MR) is 76.8 cm³/mol. The quantitative estimate of drug-likeness (QED) is 0.862. The fourth-order valence-corrected chi connectivity index (χ4v) is 2.60. The number of hydrogen-bond donors (Lipinski definition) is 1. The summed E-state index contributed by atoms with van der Waals surface area (Å²) in [4.78, 5) is 0. The lowest BCUT2D eigenvalue weighted by Gasteiger charge is -2.08. The lowest BCUT2D eigenvalue weighted by atomic mass is 10.00. The summed E-state index contributed by atoms with van der Waals surface area (Å²) >= 11 is 6.31. The monoisotopic (exact) mass is 263 g/mol. The number of aryl methyl sites for hydroxylation is 2. The van der Waals surface area contributed by atoms with E-state index in [4.69, 9.17) is 17.3 Å². The molecule has 2 rings (SSSR count). The van der Waals surface area contributed by atoms with Gasteiger partial charge in [0.2, 0.25) is 0 Å². The Morgan fingerprint density at radius 1 is 1.28 bits per heavy atom. The second-order valence-electron chi connectivity index (χ2n) is 4.34. The van der Waals surface area contributed by atoms with Gasteiger partial charge in [0, 0.05) is 29.6 Å². The van der Waals surface area contributed by atoms with Crippen molar-refractivity contribution in [1.82, 2.24) is 9.78 Å². The molecular formula is C14H18ClN3. The van der Waals surface area contributed by atoms with Gasteiger partial charge in [0.1, 0.15) is 0 Å². The molecule has 0 atom stereocenters. The molecule has 0 bridgehead atoms. The van der Waals surface area contributed by atoms with Crippen LogP contribution in [0.1, 0.15) is 25.2 Å². The number of anilines is 1. The van der Waals surface area contributed by atoms with Gasteiger partial charge in [-0.2, -0.15) is 5.10 Å². The number of nitrogen functional groups attached to an aromatic ring is 1. The van der Waals surface area contributed by atoms with Crippen LogP contribution >= 0.6 is 11.6 Å². The third-order valence-electron chi connectivity index (χ3n) is 3.17. The van der Waals surface area contributed by atoms with Crippen LogP contribution in [0.3, 0.4) is 0 Å². The molecule has 0 saturated heterocycles. The van der Waals surface area contributed by atoms with Crippen LogP contribution in [0.5, 0.6) is 0 Å². The van der Waals surface area contributed by atoms with Gasteiger partial charge in [0.15, 0.2) is 0 Å². The molecule has 3 nitrogen and oxygen atoms in total. The number of aromatic nitrogens is 2. The van der Waals surface area contributed by atoms with E-state index >= 15 is 0 Å². The van der Waals surface area contributed by atoms with Gasteiger partial charge in [-0.25, -0.2) is 0 Å². The average molecular weight is 264 g/mol. The topological polar surface area (TPSA) is 43.8 Å². The summed E-state index contributed by atoms with van der Waals surface area (Å²) < 4.78 is 1.95. The highest BCUT2D eigenvalue weighted by Gasteiger charge is 2.17. The molecule has 0 saturated carbocycles. The molecule has 0 aliphatic rings. The fourth-order valence-electron chi connectivity index (χ4n) is 2.32. The van der Waals surface area contributed by atoms with E-state index in [2.05, 4.69) is 18.9 Å². The van der Waals surface area contributed by atoms with E-state index < -0.39 is 0 Å². The number of halogens is 1. The van der Waals surface area contributed by atoms with Crippen LogP contribution in [-0.4, -0.2) is 9.78 Å². The van der Waals surface area contributed by atoms with Gasteiger partial charge in [0.05, 0.1) is 10.7 Å². The van der Waals surface area contributed by atoms with E-state index in [0.29, 0.717) is 10.7 Å². The molecule has 4 heteroatoms. The van der Waals surface area contributed by atoms with Crippen molar-refractivity contribution in [2.45, 2.75) is 26.7 Å². The Bertz CT molecular complexity index is 573. The van der Waals surface area contributed by atoms with Crippen LogP contribution in [0.15, 0.2) is 18.2 Å². The highest BCUT2D eigenvalue weighted by atomic mass is 35.5. The van der Waals surface area contributed by atoms with Crippen molar-refractivity contribution in [3.05, 3.63) is 34.6 Å². The normalized spacial score (nSPS) is 10.9. The SMILES string of the molecule is CCc1nn(C)c(CC)c1-c1ccc(N)cc1Cl. The molecule has 96 valence electrons. The lowest BCUT2D eigenvalue weighted by Crippen LogP contribution is -1.97. The first-order valence-electron chi connectivity index (χ1n) is 6.18. The van der Waals surface area contributed by atoms with Crippen LogP contribution < -0.4 is 5.73 Å². The van der Waals surface area contributed by atoms with Gasteiger partial charge in [0.25, 0.3) is 0 Å². The van der Waals surface area contributed by atoms with Crippen LogP contribution in [0, 0.1) is 0 Å². The first kappa shape index (κ1) is 13.0. The molecule has 1 heterocycles. The molecule has 0 fully saturated rings. The largest absolute Gasteiger partial charge is 0.399 e. The van der Waals surface area contributed by atoms with E-state index in [1.807, 2.05) is 23.9 Å². The Balaban J connectivity index is 2.69. The molecular weight excluding hydrogens is 246 g/mol. The summed E-state index contributed by atoms with van der Waals surface area (Å²) in [5, 5.41) is 5.25. The van der Waals surface area contributed by atoms with E-state index in [-0.39, 0.29) is 0 Å². The van der Waals surface area contributed by atoms with Gasteiger partial charge in [-0.1, -0.05) is 31.5 Å². The zero-order chi connectivity index (χ0) is 13.3. The average Bonchev–Trinajstić information content (AvgIpc) is 2.65. The minimum Gasteiger partial charge on any atom is -0.399 e. The van der Waals surface area contributed by atoms with Gasteiger partial charge < -0.3 is 5.73 Å². The van der Waals surface area contributed by atoms with Crippen molar-refractivity contribution in [2.75, 3.05) is 5.73 Å².